The molecule has 128 valence electrons. The van der Waals surface area contributed by atoms with Crippen LogP contribution in [0, 0.1) is 5.82 Å². The molecule has 0 spiro atoms. The summed E-state index contributed by atoms with van der Waals surface area (Å²) < 4.78 is 42.5. The smallest absolute Gasteiger partial charge is 0.395 e. The zero-order valence-electron chi connectivity index (χ0n) is 13.2. The van der Waals surface area contributed by atoms with Crippen LogP contribution in [0.1, 0.15) is 5.56 Å². The first-order valence-electron chi connectivity index (χ1n) is 7.61. The molecule has 0 amide bonds. The topological polar surface area (TPSA) is 44.8 Å². The molecule has 3 aromatic carbocycles. The molecule has 3 aromatic rings. The Hall–Kier alpha value is -2.62. The van der Waals surface area contributed by atoms with Gasteiger partial charge in [0.2, 0.25) is 0 Å². The van der Waals surface area contributed by atoms with Crippen molar-refractivity contribution in [3.05, 3.63) is 96.3 Å². The minimum absolute atomic E-state index is 0.0444. The minimum atomic E-state index is -3.93. The summed E-state index contributed by atoms with van der Waals surface area (Å²) in [4.78, 5) is 0. The molecule has 4 nitrogen and oxygen atoms in total. The van der Waals surface area contributed by atoms with Gasteiger partial charge in [0, 0.05) is 0 Å². The molecule has 0 saturated heterocycles. The van der Waals surface area contributed by atoms with Crippen molar-refractivity contribution in [3.63, 3.8) is 0 Å². The average molecular weight is 358 g/mol. The van der Waals surface area contributed by atoms with Gasteiger partial charge in [0.1, 0.15) is 17.3 Å². The molecule has 0 bridgehead atoms. The lowest BCUT2D eigenvalue weighted by molar-refractivity contribution is 0.201. The summed E-state index contributed by atoms with van der Waals surface area (Å²) in [6.07, 6.45) is 0. The molecule has 0 radical (unpaired) electrons. The highest BCUT2D eigenvalue weighted by molar-refractivity contribution is 7.49. The van der Waals surface area contributed by atoms with Gasteiger partial charge in [0.05, 0.1) is 6.61 Å². The lowest BCUT2D eigenvalue weighted by atomic mass is 10.2. The van der Waals surface area contributed by atoms with Gasteiger partial charge in [0.15, 0.2) is 0 Å². The molecule has 0 atom stereocenters. The van der Waals surface area contributed by atoms with Crippen LogP contribution in [-0.2, 0) is 15.7 Å². The van der Waals surface area contributed by atoms with Crippen LogP contribution in [-0.4, -0.2) is 0 Å². The van der Waals surface area contributed by atoms with Crippen LogP contribution in [0.3, 0.4) is 0 Å². The zero-order chi connectivity index (χ0) is 17.5. The number of rotatable bonds is 7. The van der Waals surface area contributed by atoms with E-state index in [1.807, 2.05) is 12.1 Å². The van der Waals surface area contributed by atoms with Crippen LogP contribution in [0.2, 0.25) is 0 Å². The van der Waals surface area contributed by atoms with E-state index in [1.54, 1.807) is 60.7 Å². The zero-order valence-corrected chi connectivity index (χ0v) is 14.1. The first kappa shape index (κ1) is 17.2. The molecule has 6 heteroatoms. The fourth-order valence-corrected chi connectivity index (χ4v) is 3.24. The molecule has 25 heavy (non-hydrogen) atoms. The van der Waals surface area contributed by atoms with Gasteiger partial charge in [0.25, 0.3) is 0 Å². The molecule has 0 aliphatic carbocycles. The normalized spacial score (nSPS) is 11.1. The molecule has 0 aromatic heterocycles. The first-order chi connectivity index (χ1) is 12.1. The second-order valence-electron chi connectivity index (χ2n) is 5.16. The van der Waals surface area contributed by atoms with E-state index in [0.717, 1.165) is 0 Å². The van der Waals surface area contributed by atoms with Crippen LogP contribution in [0.15, 0.2) is 84.9 Å². The standard InChI is InChI=1S/C19H16FO4P/c20-17-13-11-16(12-14-17)15-22-25(21,23-18-7-3-1-4-8-18)24-19-9-5-2-6-10-19/h1-14H,15H2. The number of hydrogen-bond donors (Lipinski definition) is 0. The Balaban J connectivity index is 1.77. The predicted octanol–water partition coefficient (Wildman–Crippen LogP) is 5.61. The highest BCUT2D eigenvalue weighted by Crippen LogP contribution is 2.50. The van der Waals surface area contributed by atoms with Gasteiger partial charge in [-0.3, -0.25) is 4.52 Å². The lowest BCUT2D eigenvalue weighted by Crippen LogP contribution is -2.05. The highest BCUT2D eigenvalue weighted by atomic mass is 31.2. The van der Waals surface area contributed by atoms with Crippen molar-refractivity contribution in [1.82, 2.24) is 0 Å². The molecule has 0 unspecified atom stereocenters. The van der Waals surface area contributed by atoms with Gasteiger partial charge in [-0.25, -0.2) is 8.96 Å². The van der Waals surface area contributed by atoms with E-state index in [4.69, 9.17) is 13.6 Å². The molecule has 0 N–H and O–H groups in total. The Morgan fingerprint density at radius 2 is 1.20 bits per heavy atom. The van der Waals surface area contributed by atoms with Crippen molar-refractivity contribution < 1.29 is 22.5 Å². The number of halogens is 1. The Morgan fingerprint density at radius 3 is 1.68 bits per heavy atom. The van der Waals surface area contributed by atoms with E-state index >= 15 is 0 Å². The van der Waals surface area contributed by atoms with Gasteiger partial charge in [-0.2, -0.15) is 0 Å². The number of phosphoric acid groups is 1. The van der Waals surface area contributed by atoms with Crippen LogP contribution in [0.25, 0.3) is 0 Å². The summed E-state index contributed by atoms with van der Waals surface area (Å²) in [5.41, 5.74) is 0.648. The van der Waals surface area contributed by atoms with E-state index in [-0.39, 0.29) is 12.4 Å². The second-order valence-corrected chi connectivity index (χ2v) is 6.67. The maximum atomic E-state index is 13.1. The van der Waals surface area contributed by atoms with Crippen molar-refractivity contribution in [2.24, 2.45) is 0 Å². The van der Waals surface area contributed by atoms with E-state index in [1.165, 1.54) is 12.1 Å². The van der Waals surface area contributed by atoms with E-state index < -0.39 is 7.82 Å². The number of benzene rings is 3. The van der Waals surface area contributed by atoms with E-state index in [2.05, 4.69) is 0 Å². The number of phosphoric ester groups is 1. The van der Waals surface area contributed by atoms with Crippen LogP contribution in [0.4, 0.5) is 4.39 Å². The Labute approximate surface area is 145 Å². The molecule has 0 aliphatic rings. The average Bonchev–Trinajstić information content (AvgIpc) is 2.63. The maximum absolute atomic E-state index is 13.1. The molecular weight excluding hydrogens is 342 g/mol. The fourth-order valence-electron chi connectivity index (χ4n) is 2.03. The van der Waals surface area contributed by atoms with E-state index in [9.17, 15) is 8.96 Å². The van der Waals surface area contributed by atoms with Gasteiger partial charge in [-0.05, 0) is 42.0 Å². The molecule has 0 fully saturated rings. The molecule has 0 saturated carbocycles. The van der Waals surface area contributed by atoms with Gasteiger partial charge in [-0.1, -0.05) is 48.5 Å². The van der Waals surface area contributed by atoms with Crippen LogP contribution < -0.4 is 9.05 Å². The quantitative estimate of drug-likeness (QED) is 0.515. The van der Waals surface area contributed by atoms with Crippen molar-refractivity contribution in [1.29, 1.82) is 0 Å². The molecule has 3 rings (SSSR count). The third-order valence-electron chi connectivity index (χ3n) is 3.22. The van der Waals surface area contributed by atoms with Gasteiger partial charge < -0.3 is 9.05 Å². The van der Waals surface area contributed by atoms with Crippen LogP contribution in [0.5, 0.6) is 11.5 Å². The van der Waals surface area contributed by atoms with E-state index in [0.29, 0.717) is 17.1 Å². The van der Waals surface area contributed by atoms with Crippen molar-refractivity contribution >= 4 is 7.82 Å². The predicted molar refractivity (Wildman–Crippen MR) is 92.9 cm³/mol. The Kier molecular flexibility index (Phi) is 5.49. The van der Waals surface area contributed by atoms with Crippen molar-refractivity contribution in [2.45, 2.75) is 6.61 Å². The summed E-state index contributed by atoms with van der Waals surface area (Å²) in [5.74, 6) is 0.370. The Bertz CT molecular complexity index is 793. The highest BCUT2D eigenvalue weighted by Gasteiger charge is 2.31. The van der Waals surface area contributed by atoms with Crippen molar-refractivity contribution in [3.8, 4) is 11.5 Å². The largest absolute Gasteiger partial charge is 0.587 e. The minimum Gasteiger partial charge on any atom is -0.395 e. The fraction of sp³-hybridized carbons (Fsp3) is 0.0526. The molecular formula is C19H16FO4P. The third-order valence-corrected chi connectivity index (χ3v) is 4.54. The number of para-hydroxylation sites is 2. The number of hydrogen-bond acceptors (Lipinski definition) is 4. The maximum Gasteiger partial charge on any atom is 0.587 e. The summed E-state index contributed by atoms with van der Waals surface area (Å²) in [5, 5.41) is 0. The monoisotopic (exact) mass is 358 g/mol. The van der Waals surface area contributed by atoms with Crippen molar-refractivity contribution in [2.75, 3.05) is 0 Å². The first-order valence-corrected chi connectivity index (χ1v) is 9.07. The summed E-state index contributed by atoms with van der Waals surface area (Å²) in [6, 6.07) is 23.0. The van der Waals surface area contributed by atoms with Gasteiger partial charge in [-0.15, -0.1) is 0 Å². The lowest BCUT2D eigenvalue weighted by Gasteiger charge is -2.19. The summed E-state index contributed by atoms with van der Waals surface area (Å²) in [6.45, 7) is -0.0444. The molecule has 0 aliphatic heterocycles. The Morgan fingerprint density at radius 1 is 0.720 bits per heavy atom. The molecule has 0 heterocycles. The second kappa shape index (κ2) is 7.97. The summed E-state index contributed by atoms with van der Waals surface area (Å²) in [7, 11) is -3.93. The van der Waals surface area contributed by atoms with Gasteiger partial charge >= 0.3 is 7.82 Å². The SMILES string of the molecule is O=P(OCc1ccc(F)cc1)(Oc1ccccc1)Oc1ccccc1. The third kappa shape index (κ3) is 5.18. The van der Waals surface area contributed by atoms with Crippen LogP contribution >= 0.6 is 7.82 Å². The summed E-state index contributed by atoms with van der Waals surface area (Å²) >= 11 is 0.